The van der Waals surface area contributed by atoms with Gasteiger partial charge in [0.25, 0.3) is 5.91 Å². The van der Waals surface area contributed by atoms with Crippen molar-refractivity contribution in [2.75, 3.05) is 38.0 Å². The smallest absolute Gasteiger partial charge is 0.251 e. The molecule has 0 aliphatic carbocycles. The Morgan fingerprint density at radius 3 is 2.71 bits per heavy atom. The van der Waals surface area contributed by atoms with Gasteiger partial charge in [0.05, 0.1) is 23.9 Å². The molecule has 10 heteroatoms. The van der Waals surface area contributed by atoms with E-state index < -0.39 is 5.82 Å². The van der Waals surface area contributed by atoms with Crippen molar-refractivity contribution in [3.63, 3.8) is 0 Å². The zero-order valence-corrected chi connectivity index (χ0v) is 20.4. The molecule has 0 saturated carbocycles. The number of nitrogens with one attached hydrogen (secondary N) is 2. The quantitative estimate of drug-likeness (QED) is 0.359. The highest BCUT2D eigenvalue weighted by molar-refractivity contribution is 7.98. The van der Waals surface area contributed by atoms with Gasteiger partial charge >= 0.3 is 0 Å². The minimum absolute atomic E-state index is 0.0124. The molecular formula is C25H25FN6O2S. The summed E-state index contributed by atoms with van der Waals surface area (Å²) in [6.07, 6.45) is 6.75. The number of carbonyl (C=O) groups is 1. The molecule has 3 aromatic heterocycles. The van der Waals surface area contributed by atoms with Crippen LogP contribution in [0.25, 0.3) is 22.2 Å². The summed E-state index contributed by atoms with van der Waals surface area (Å²) in [7, 11) is 3.09. The molecule has 0 bridgehead atoms. The number of hydrogen-bond donors (Lipinski definition) is 2. The lowest BCUT2D eigenvalue weighted by atomic mass is 9.95. The zero-order valence-electron chi connectivity index (χ0n) is 19.6. The third-order valence-corrected chi connectivity index (χ3v) is 6.33. The number of hydrogen-bond acceptors (Lipinski definition) is 8. The van der Waals surface area contributed by atoms with Crippen molar-refractivity contribution in [2.24, 2.45) is 0 Å². The Kier molecular flexibility index (Phi) is 7.71. The van der Waals surface area contributed by atoms with Crippen molar-refractivity contribution in [2.45, 2.75) is 5.92 Å². The maximum absolute atomic E-state index is 14.8. The fourth-order valence-electron chi connectivity index (χ4n) is 3.85. The fraction of sp³-hybridized carbons (Fsp3) is 0.240. The zero-order chi connectivity index (χ0) is 24.8. The van der Waals surface area contributed by atoms with Crippen LogP contribution in [-0.4, -0.2) is 58.6 Å². The van der Waals surface area contributed by atoms with Crippen LogP contribution in [0.4, 0.5) is 10.2 Å². The third-order valence-electron chi connectivity index (χ3n) is 5.59. The first-order chi connectivity index (χ1) is 17.0. The molecule has 35 heavy (non-hydrogen) atoms. The van der Waals surface area contributed by atoms with E-state index in [-0.39, 0.29) is 22.8 Å². The summed E-state index contributed by atoms with van der Waals surface area (Å²) in [5.41, 5.74) is 3.18. The van der Waals surface area contributed by atoms with Gasteiger partial charge in [0.2, 0.25) is 5.88 Å². The van der Waals surface area contributed by atoms with Gasteiger partial charge in [0, 0.05) is 60.7 Å². The molecule has 0 aliphatic heterocycles. The van der Waals surface area contributed by atoms with Crippen molar-refractivity contribution >= 4 is 34.4 Å². The SMILES string of the molecule is CNC(=O)c1ccnc2c(C(CNc3cc(-c4ccc(OC)nc4)ncn3)CSC)ccc(F)c12. The number of halogens is 1. The van der Waals surface area contributed by atoms with Crippen molar-refractivity contribution < 1.29 is 13.9 Å². The normalized spacial score (nSPS) is 11.8. The maximum atomic E-state index is 14.8. The van der Waals surface area contributed by atoms with Crippen LogP contribution in [0.3, 0.4) is 0 Å². The van der Waals surface area contributed by atoms with Gasteiger partial charge in [-0.05, 0) is 30.0 Å². The summed E-state index contributed by atoms with van der Waals surface area (Å²) in [5.74, 6) is 1.11. The van der Waals surface area contributed by atoms with Gasteiger partial charge in [-0.25, -0.2) is 19.3 Å². The molecule has 0 radical (unpaired) electrons. The van der Waals surface area contributed by atoms with Gasteiger partial charge < -0.3 is 15.4 Å². The first-order valence-corrected chi connectivity index (χ1v) is 12.3. The van der Waals surface area contributed by atoms with Crippen LogP contribution in [0.5, 0.6) is 5.88 Å². The van der Waals surface area contributed by atoms with Crippen LogP contribution < -0.4 is 15.4 Å². The molecule has 1 atom stereocenters. The molecular weight excluding hydrogens is 467 g/mol. The fourth-order valence-corrected chi connectivity index (χ4v) is 4.55. The van der Waals surface area contributed by atoms with Gasteiger partial charge in [-0.1, -0.05) is 6.07 Å². The minimum atomic E-state index is -0.472. The van der Waals surface area contributed by atoms with Gasteiger partial charge in [-0.2, -0.15) is 11.8 Å². The van der Waals surface area contributed by atoms with E-state index in [2.05, 4.69) is 30.6 Å². The molecule has 0 fully saturated rings. The molecule has 180 valence electrons. The Morgan fingerprint density at radius 2 is 2.00 bits per heavy atom. The lowest BCUT2D eigenvalue weighted by molar-refractivity contribution is 0.0964. The molecule has 1 unspecified atom stereocenters. The minimum Gasteiger partial charge on any atom is -0.481 e. The maximum Gasteiger partial charge on any atom is 0.251 e. The van der Waals surface area contributed by atoms with Crippen LogP contribution in [0.2, 0.25) is 0 Å². The number of fused-ring (bicyclic) bond motifs is 1. The summed E-state index contributed by atoms with van der Waals surface area (Å²) >= 11 is 1.68. The standard InChI is InChI=1S/C25H25FN6O2S/c1-27-25(33)18-8-9-28-24-17(5-6-19(26)23(18)24)16(13-35-3)12-29-21-10-20(31-14-32-21)15-4-7-22(34-2)30-11-15/h4-11,14,16H,12-13H2,1-3H3,(H,27,33)(H,29,31,32). The number of thioether (sulfide) groups is 1. The van der Waals surface area contributed by atoms with E-state index in [0.29, 0.717) is 23.8 Å². The molecule has 4 rings (SSSR count). The number of nitrogens with zero attached hydrogens (tertiary/aromatic N) is 4. The van der Waals surface area contributed by atoms with Crippen molar-refractivity contribution in [3.8, 4) is 17.1 Å². The van der Waals surface area contributed by atoms with Gasteiger partial charge in [-0.3, -0.25) is 9.78 Å². The number of anilines is 1. The average molecular weight is 493 g/mol. The van der Waals surface area contributed by atoms with Crippen molar-refractivity contribution in [3.05, 3.63) is 72.1 Å². The first-order valence-electron chi connectivity index (χ1n) is 10.9. The molecule has 0 spiro atoms. The number of pyridine rings is 2. The second kappa shape index (κ2) is 11.1. The van der Waals surface area contributed by atoms with Crippen LogP contribution in [0.15, 0.2) is 55.1 Å². The van der Waals surface area contributed by atoms with Crippen LogP contribution in [-0.2, 0) is 0 Å². The van der Waals surface area contributed by atoms with E-state index >= 15 is 0 Å². The predicted molar refractivity (Wildman–Crippen MR) is 137 cm³/mol. The van der Waals surface area contributed by atoms with Gasteiger partial charge in [0.1, 0.15) is 18.0 Å². The van der Waals surface area contributed by atoms with Crippen LogP contribution >= 0.6 is 11.8 Å². The number of benzene rings is 1. The predicted octanol–water partition coefficient (Wildman–Crippen LogP) is 4.15. The molecule has 2 N–H and O–H groups in total. The molecule has 4 aromatic rings. The van der Waals surface area contributed by atoms with Crippen LogP contribution in [0, 0.1) is 5.82 Å². The first kappa shape index (κ1) is 24.3. The van der Waals surface area contributed by atoms with E-state index in [4.69, 9.17) is 4.74 Å². The highest BCUT2D eigenvalue weighted by atomic mass is 32.2. The summed E-state index contributed by atoms with van der Waals surface area (Å²) < 4.78 is 19.9. The molecule has 1 amide bonds. The lowest BCUT2D eigenvalue weighted by Gasteiger charge is -2.20. The van der Waals surface area contributed by atoms with E-state index in [1.165, 1.54) is 25.5 Å². The molecule has 0 aliphatic rings. The summed E-state index contributed by atoms with van der Waals surface area (Å²) in [6.45, 7) is 0.533. The number of amides is 1. The van der Waals surface area contributed by atoms with E-state index in [1.54, 1.807) is 43.4 Å². The molecule has 1 aromatic carbocycles. The second-order valence-corrected chi connectivity index (χ2v) is 8.62. The monoisotopic (exact) mass is 492 g/mol. The van der Waals surface area contributed by atoms with Gasteiger partial charge in [-0.15, -0.1) is 0 Å². The highest BCUT2D eigenvalue weighted by Gasteiger charge is 2.21. The van der Waals surface area contributed by atoms with Crippen LogP contribution in [0.1, 0.15) is 21.8 Å². The van der Waals surface area contributed by atoms with E-state index in [1.807, 2.05) is 18.4 Å². The topological polar surface area (TPSA) is 102 Å². The number of ether oxygens (including phenoxy) is 1. The Balaban J connectivity index is 1.62. The van der Waals surface area contributed by atoms with Crippen molar-refractivity contribution in [1.29, 1.82) is 0 Å². The molecule has 8 nitrogen and oxygen atoms in total. The van der Waals surface area contributed by atoms with E-state index in [9.17, 15) is 9.18 Å². The summed E-state index contributed by atoms with van der Waals surface area (Å²) in [5, 5.41) is 6.18. The second-order valence-electron chi connectivity index (χ2n) is 7.71. The van der Waals surface area contributed by atoms with Crippen molar-refractivity contribution in [1.82, 2.24) is 25.3 Å². The highest BCUT2D eigenvalue weighted by Crippen LogP contribution is 2.31. The lowest BCUT2D eigenvalue weighted by Crippen LogP contribution is -2.20. The average Bonchev–Trinajstić information content (AvgIpc) is 2.91. The van der Waals surface area contributed by atoms with E-state index in [0.717, 1.165) is 22.6 Å². The summed E-state index contributed by atoms with van der Waals surface area (Å²) in [4.78, 5) is 29.7. The Labute approximate surface area is 206 Å². The Morgan fingerprint density at radius 1 is 1.14 bits per heavy atom. The van der Waals surface area contributed by atoms with Gasteiger partial charge in [0.15, 0.2) is 0 Å². The number of rotatable bonds is 9. The largest absolute Gasteiger partial charge is 0.481 e. The Bertz CT molecular complexity index is 1340. The number of carbonyl (C=O) groups excluding carboxylic acids is 1. The Hall–Kier alpha value is -3.79. The number of methoxy groups -OCH3 is 1. The number of aromatic nitrogens is 4. The molecule has 3 heterocycles. The molecule has 0 saturated heterocycles. The summed E-state index contributed by atoms with van der Waals surface area (Å²) in [6, 6.07) is 10.2. The third kappa shape index (κ3) is 5.32.